The van der Waals surface area contributed by atoms with Crippen LogP contribution in [0.25, 0.3) is 33.3 Å². The molecule has 2 heteroatoms. The number of nitrogens with zero attached hydrogens (tertiary/aromatic N) is 1. The van der Waals surface area contributed by atoms with Crippen molar-refractivity contribution in [2.75, 3.05) is 0 Å². The lowest BCUT2D eigenvalue weighted by Crippen LogP contribution is -2.43. The summed E-state index contributed by atoms with van der Waals surface area (Å²) in [6.07, 6.45) is 0. The van der Waals surface area contributed by atoms with Crippen LogP contribution < -0.4 is 4.74 Å². The number of fused-ring (bicyclic) bond motifs is 9. The van der Waals surface area contributed by atoms with Gasteiger partial charge in [-0.1, -0.05) is 129 Å². The van der Waals surface area contributed by atoms with Gasteiger partial charge in [0, 0.05) is 27.5 Å². The van der Waals surface area contributed by atoms with Gasteiger partial charge in [-0.05, 0) is 69.8 Å². The van der Waals surface area contributed by atoms with Gasteiger partial charge in [0.25, 0.3) is 0 Å². The lowest BCUT2D eigenvalue weighted by atomic mass is 9.53. The molecule has 2 nitrogen and oxygen atoms in total. The van der Waals surface area contributed by atoms with Crippen LogP contribution in [0.4, 0.5) is 0 Å². The third kappa shape index (κ3) is 3.66. The molecule has 1 spiro atoms. The Hall–Kier alpha value is -5.47. The van der Waals surface area contributed by atoms with Crippen molar-refractivity contribution in [3.63, 3.8) is 0 Å². The fourth-order valence-corrected chi connectivity index (χ4v) is 7.88. The smallest absolute Gasteiger partial charge is 0.132 e. The van der Waals surface area contributed by atoms with Crippen LogP contribution in [0.1, 0.15) is 47.2 Å². The number of rotatable bonds is 2. The lowest BCUT2D eigenvalue weighted by molar-refractivity contribution is 0.425. The molecule has 1 aliphatic heterocycles. The Kier molecular flexibility index (Phi) is 5.49. The third-order valence-corrected chi connectivity index (χ3v) is 9.99. The summed E-state index contributed by atoms with van der Waals surface area (Å²) in [5.41, 5.74) is 12.4. The highest BCUT2D eigenvalue weighted by Gasteiger charge is 2.52. The van der Waals surface area contributed by atoms with Gasteiger partial charge in [0.15, 0.2) is 0 Å². The number of para-hydroxylation sites is 3. The molecule has 0 amide bonds. The molecule has 0 radical (unpaired) electrons. The van der Waals surface area contributed by atoms with E-state index in [1.807, 2.05) is 6.07 Å². The number of benzene rings is 6. The predicted molar refractivity (Wildman–Crippen MR) is 183 cm³/mol. The number of hydrogen-bond acceptors (Lipinski definition) is 2. The van der Waals surface area contributed by atoms with Crippen LogP contribution in [0.2, 0.25) is 0 Å². The second-order valence-corrected chi connectivity index (χ2v) is 12.7. The normalized spacial score (nSPS) is 15.0. The van der Waals surface area contributed by atoms with Crippen LogP contribution in [0.3, 0.4) is 0 Å². The fraction of sp³-hybridized carbons (Fsp3) is 0.0930. The SMILES string of the molecule is CC1(C)c2ccccc2C2(c3ccccc3Oc3ccccc32)c2cc(-c3cccc(-c4ccc5ccccc5n4)c3)ccc21. The first-order valence-electron chi connectivity index (χ1n) is 15.6. The summed E-state index contributed by atoms with van der Waals surface area (Å²) in [5.74, 6) is 1.82. The second kappa shape index (κ2) is 9.51. The van der Waals surface area contributed by atoms with Crippen molar-refractivity contribution in [2.45, 2.75) is 24.7 Å². The molecule has 0 unspecified atom stereocenters. The summed E-state index contributed by atoms with van der Waals surface area (Å²) in [7, 11) is 0. The average Bonchev–Trinajstić information content (AvgIpc) is 3.10. The Balaban J connectivity index is 1.31. The molecule has 45 heavy (non-hydrogen) atoms. The molecular weight excluding hydrogens is 546 g/mol. The van der Waals surface area contributed by atoms with E-state index in [1.165, 1.54) is 44.5 Å². The van der Waals surface area contributed by atoms with E-state index in [2.05, 4.69) is 159 Å². The van der Waals surface area contributed by atoms with E-state index < -0.39 is 5.41 Å². The van der Waals surface area contributed by atoms with Gasteiger partial charge in [-0.15, -0.1) is 0 Å². The first-order chi connectivity index (χ1) is 22.0. The molecular formula is C43H31NO. The number of ether oxygens (including phenoxy) is 1. The molecule has 6 aromatic carbocycles. The summed E-state index contributed by atoms with van der Waals surface area (Å²) in [4.78, 5) is 5.00. The molecule has 2 heterocycles. The van der Waals surface area contributed by atoms with Crippen LogP contribution >= 0.6 is 0 Å². The Bertz CT molecular complexity index is 2250. The van der Waals surface area contributed by atoms with Crippen molar-refractivity contribution < 1.29 is 4.74 Å². The van der Waals surface area contributed by atoms with Crippen LogP contribution in [-0.2, 0) is 10.8 Å². The molecule has 0 saturated carbocycles. The molecule has 0 saturated heterocycles. The van der Waals surface area contributed by atoms with Gasteiger partial charge in [-0.2, -0.15) is 0 Å². The second-order valence-electron chi connectivity index (χ2n) is 12.7. The van der Waals surface area contributed by atoms with Gasteiger partial charge in [0.1, 0.15) is 11.5 Å². The monoisotopic (exact) mass is 577 g/mol. The highest BCUT2D eigenvalue weighted by molar-refractivity contribution is 5.83. The first-order valence-corrected chi connectivity index (χ1v) is 15.6. The minimum Gasteiger partial charge on any atom is -0.457 e. The third-order valence-electron chi connectivity index (χ3n) is 9.99. The molecule has 0 bridgehead atoms. The zero-order valence-corrected chi connectivity index (χ0v) is 25.3. The van der Waals surface area contributed by atoms with E-state index in [9.17, 15) is 0 Å². The highest BCUT2D eigenvalue weighted by atomic mass is 16.5. The molecule has 1 aromatic heterocycles. The van der Waals surface area contributed by atoms with E-state index in [4.69, 9.17) is 9.72 Å². The van der Waals surface area contributed by atoms with E-state index in [1.54, 1.807) is 0 Å². The minimum absolute atomic E-state index is 0.186. The lowest BCUT2D eigenvalue weighted by Gasteiger charge is -2.50. The summed E-state index contributed by atoms with van der Waals surface area (Å²) in [6, 6.07) is 54.6. The molecule has 214 valence electrons. The van der Waals surface area contributed by atoms with E-state index >= 15 is 0 Å². The Labute approximate surface area is 263 Å². The standard InChI is InChI=1S/C43H31NO/c1-42(2)32-15-4-5-16-34(32)43(35-17-6-9-20-40(35)45-41-21-10-7-18-36(41)43)37-27-30(22-24-33(37)42)29-13-11-14-31(26-29)39-25-23-28-12-3-8-19-38(28)44-39/h3-27H,1-2H3. The van der Waals surface area contributed by atoms with Gasteiger partial charge in [0.2, 0.25) is 0 Å². The minimum atomic E-state index is -0.527. The van der Waals surface area contributed by atoms with Gasteiger partial charge in [0.05, 0.1) is 16.6 Å². The first kappa shape index (κ1) is 26.0. The quantitative estimate of drug-likeness (QED) is 0.204. The van der Waals surface area contributed by atoms with Gasteiger partial charge in [-0.3, -0.25) is 0 Å². The molecule has 0 atom stereocenters. The fourth-order valence-electron chi connectivity index (χ4n) is 7.88. The van der Waals surface area contributed by atoms with Crippen molar-refractivity contribution in [1.82, 2.24) is 4.98 Å². The van der Waals surface area contributed by atoms with Crippen LogP contribution in [0.15, 0.2) is 152 Å². The topological polar surface area (TPSA) is 22.1 Å². The van der Waals surface area contributed by atoms with Crippen molar-refractivity contribution >= 4 is 10.9 Å². The molecule has 2 aliphatic rings. The molecule has 1 aliphatic carbocycles. The van der Waals surface area contributed by atoms with Crippen LogP contribution in [0.5, 0.6) is 11.5 Å². The van der Waals surface area contributed by atoms with E-state index in [0.29, 0.717) is 0 Å². The largest absolute Gasteiger partial charge is 0.457 e. The van der Waals surface area contributed by atoms with Crippen molar-refractivity contribution in [3.8, 4) is 33.9 Å². The van der Waals surface area contributed by atoms with Gasteiger partial charge < -0.3 is 4.74 Å². The maximum Gasteiger partial charge on any atom is 0.132 e. The van der Waals surface area contributed by atoms with E-state index in [0.717, 1.165) is 33.7 Å². The molecule has 0 N–H and O–H groups in total. The predicted octanol–water partition coefficient (Wildman–Crippen LogP) is 10.7. The summed E-state index contributed by atoms with van der Waals surface area (Å²) >= 11 is 0. The maximum absolute atomic E-state index is 6.59. The Morgan fingerprint density at radius 2 is 1.04 bits per heavy atom. The van der Waals surface area contributed by atoms with Crippen LogP contribution in [-0.4, -0.2) is 4.98 Å². The zero-order chi connectivity index (χ0) is 30.2. The average molecular weight is 578 g/mol. The zero-order valence-electron chi connectivity index (χ0n) is 25.3. The molecule has 0 fully saturated rings. The Morgan fingerprint density at radius 1 is 0.444 bits per heavy atom. The number of pyridine rings is 1. The highest BCUT2D eigenvalue weighted by Crippen LogP contribution is 2.61. The van der Waals surface area contributed by atoms with Crippen molar-refractivity contribution in [2.24, 2.45) is 0 Å². The van der Waals surface area contributed by atoms with E-state index in [-0.39, 0.29) is 5.41 Å². The van der Waals surface area contributed by atoms with Crippen LogP contribution in [0, 0.1) is 0 Å². The Morgan fingerprint density at radius 3 is 1.82 bits per heavy atom. The number of aromatic nitrogens is 1. The summed E-state index contributed by atoms with van der Waals surface area (Å²) in [5, 5.41) is 1.15. The molecule has 7 aromatic rings. The number of hydrogen-bond donors (Lipinski definition) is 0. The molecule has 9 rings (SSSR count). The summed E-state index contributed by atoms with van der Waals surface area (Å²) in [6.45, 7) is 4.72. The van der Waals surface area contributed by atoms with Crippen molar-refractivity contribution in [3.05, 3.63) is 185 Å². The van der Waals surface area contributed by atoms with Crippen molar-refractivity contribution in [1.29, 1.82) is 0 Å². The van der Waals surface area contributed by atoms with Gasteiger partial charge >= 0.3 is 0 Å². The van der Waals surface area contributed by atoms with Gasteiger partial charge in [-0.25, -0.2) is 4.98 Å². The summed E-state index contributed by atoms with van der Waals surface area (Å²) < 4.78 is 6.59. The maximum atomic E-state index is 6.59.